The van der Waals surface area contributed by atoms with Crippen LogP contribution in [0.25, 0.3) is 0 Å². The molecule has 0 amide bonds. The monoisotopic (exact) mass is 339 g/mol. The molecule has 0 fully saturated rings. The van der Waals surface area contributed by atoms with Gasteiger partial charge in [-0.1, -0.05) is 82.7 Å². The minimum absolute atomic E-state index is 0.160. The summed E-state index contributed by atoms with van der Waals surface area (Å²) in [5, 5.41) is 12.7. The van der Waals surface area contributed by atoms with Crippen LogP contribution in [0.5, 0.6) is 0 Å². The van der Waals surface area contributed by atoms with E-state index in [1.807, 2.05) is 0 Å². The van der Waals surface area contributed by atoms with E-state index < -0.39 is 5.97 Å². The molecule has 1 heterocycles. The molecular formula is C20H37NO3. The number of nitrogens with zero attached hydrogens (tertiary/aromatic N) is 1. The number of carboxylic acids is 1. The molecule has 0 aromatic heterocycles. The summed E-state index contributed by atoms with van der Waals surface area (Å²) >= 11 is 0. The van der Waals surface area contributed by atoms with Gasteiger partial charge in [-0.3, -0.25) is 4.79 Å². The van der Waals surface area contributed by atoms with E-state index in [1.165, 1.54) is 77.0 Å². The Labute approximate surface area is 148 Å². The Kier molecular flexibility index (Phi) is 12.5. The van der Waals surface area contributed by atoms with Gasteiger partial charge in [0.25, 0.3) is 0 Å². The van der Waals surface area contributed by atoms with Gasteiger partial charge < -0.3 is 9.94 Å². The van der Waals surface area contributed by atoms with Gasteiger partial charge >= 0.3 is 5.97 Å². The molecule has 0 spiro atoms. The first-order valence-corrected chi connectivity index (χ1v) is 10.2. The lowest BCUT2D eigenvalue weighted by molar-refractivity contribution is -0.136. The summed E-state index contributed by atoms with van der Waals surface area (Å²) in [5.41, 5.74) is 0.918. The Hall–Kier alpha value is -1.06. The third kappa shape index (κ3) is 11.5. The average Bonchev–Trinajstić information content (AvgIpc) is 3.02. The average molecular weight is 340 g/mol. The van der Waals surface area contributed by atoms with Gasteiger partial charge in [0.1, 0.15) is 6.10 Å². The Morgan fingerprint density at radius 3 is 2.08 bits per heavy atom. The standard InChI is InChI=1S/C20H37NO3/c1-2-3-4-5-6-7-8-9-10-11-12-13-14-19-17-18(21-24-19)15-16-20(22)23/h19H,2-17H2,1H3,(H,22,23). The van der Waals surface area contributed by atoms with Gasteiger partial charge in [0.05, 0.1) is 12.1 Å². The van der Waals surface area contributed by atoms with E-state index in [9.17, 15) is 4.79 Å². The van der Waals surface area contributed by atoms with Crippen molar-refractivity contribution in [3.05, 3.63) is 0 Å². The SMILES string of the molecule is CCCCCCCCCCCCCCC1CC(CCC(=O)O)=NO1. The molecule has 0 aromatic rings. The predicted octanol–water partition coefficient (Wildman–Crippen LogP) is 6.09. The molecule has 1 unspecified atom stereocenters. The van der Waals surface area contributed by atoms with Gasteiger partial charge in [-0.15, -0.1) is 0 Å². The summed E-state index contributed by atoms with van der Waals surface area (Å²) in [5.74, 6) is -0.762. The lowest BCUT2D eigenvalue weighted by atomic mass is 10.0. The molecule has 1 N–H and O–H groups in total. The second-order valence-electron chi connectivity index (χ2n) is 7.16. The highest BCUT2D eigenvalue weighted by Gasteiger charge is 2.20. The van der Waals surface area contributed by atoms with Gasteiger partial charge in [-0.25, -0.2) is 0 Å². The lowest BCUT2D eigenvalue weighted by Crippen LogP contribution is -2.08. The molecule has 4 nitrogen and oxygen atoms in total. The summed E-state index contributed by atoms with van der Waals surface area (Å²) < 4.78 is 0. The first-order valence-electron chi connectivity index (χ1n) is 10.2. The number of hydrogen-bond donors (Lipinski definition) is 1. The zero-order valence-corrected chi connectivity index (χ0v) is 15.6. The number of oxime groups is 1. The van der Waals surface area contributed by atoms with E-state index in [-0.39, 0.29) is 12.5 Å². The summed E-state index contributed by atoms with van der Waals surface area (Å²) in [4.78, 5) is 15.9. The lowest BCUT2D eigenvalue weighted by Gasteiger charge is -2.07. The van der Waals surface area contributed by atoms with Gasteiger partial charge in [-0.2, -0.15) is 0 Å². The van der Waals surface area contributed by atoms with Crippen molar-refractivity contribution < 1.29 is 14.7 Å². The molecule has 0 saturated carbocycles. The predicted molar refractivity (Wildman–Crippen MR) is 99.5 cm³/mol. The Morgan fingerprint density at radius 2 is 1.54 bits per heavy atom. The zero-order valence-electron chi connectivity index (χ0n) is 15.6. The van der Waals surface area contributed by atoms with Crippen LogP contribution >= 0.6 is 0 Å². The molecule has 1 rings (SSSR count). The maximum Gasteiger partial charge on any atom is 0.303 e. The molecule has 0 aliphatic carbocycles. The maximum absolute atomic E-state index is 10.5. The van der Waals surface area contributed by atoms with Crippen molar-refractivity contribution in [2.75, 3.05) is 0 Å². The normalized spacial score (nSPS) is 16.9. The Balaban J connectivity index is 1.81. The summed E-state index contributed by atoms with van der Waals surface area (Å²) in [6.07, 6.45) is 19.1. The fourth-order valence-electron chi connectivity index (χ4n) is 3.25. The molecule has 1 atom stereocenters. The van der Waals surface area contributed by atoms with Gasteiger partial charge in [0.2, 0.25) is 0 Å². The maximum atomic E-state index is 10.5. The molecule has 0 bridgehead atoms. The molecule has 24 heavy (non-hydrogen) atoms. The van der Waals surface area contributed by atoms with E-state index in [0.717, 1.165) is 18.6 Å². The fraction of sp³-hybridized carbons (Fsp3) is 0.900. The molecule has 140 valence electrons. The van der Waals surface area contributed by atoms with E-state index in [4.69, 9.17) is 9.94 Å². The van der Waals surface area contributed by atoms with Crippen molar-refractivity contribution in [3.8, 4) is 0 Å². The van der Waals surface area contributed by atoms with Crippen LogP contribution in [-0.2, 0) is 9.63 Å². The van der Waals surface area contributed by atoms with Crippen LogP contribution in [0.2, 0.25) is 0 Å². The van der Waals surface area contributed by atoms with Crippen molar-refractivity contribution in [1.29, 1.82) is 0 Å². The molecule has 0 saturated heterocycles. The van der Waals surface area contributed by atoms with Gasteiger partial charge in [0, 0.05) is 6.42 Å². The first kappa shape index (κ1) is 21.0. The Morgan fingerprint density at radius 1 is 1.00 bits per heavy atom. The molecule has 0 aromatic carbocycles. The van der Waals surface area contributed by atoms with E-state index in [2.05, 4.69) is 12.1 Å². The van der Waals surface area contributed by atoms with Crippen molar-refractivity contribution in [3.63, 3.8) is 0 Å². The molecule has 4 heteroatoms. The van der Waals surface area contributed by atoms with Gasteiger partial charge in [-0.05, 0) is 19.3 Å². The minimum Gasteiger partial charge on any atom is -0.481 e. The van der Waals surface area contributed by atoms with Crippen molar-refractivity contribution >= 4 is 11.7 Å². The number of unbranched alkanes of at least 4 members (excludes halogenated alkanes) is 11. The number of carbonyl (C=O) groups is 1. The minimum atomic E-state index is -0.762. The van der Waals surface area contributed by atoms with Crippen LogP contribution in [0.1, 0.15) is 110 Å². The zero-order chi connectivity index (χ0) is 17.5. The molecule has 1 aliphatic rings. The second kappa shape index (κ2) is 14.3. The van der Waals surface area contributed by atoms with Gasteiger partial charge in [0.15, 0.2) is 0 Å². The van der Waals surface area contributed by atoms with Crippen molar-refractivity contribution in [2.24, 2.45) is 5.16 Å². The third-order valence-corrected chi connectivity index (χ3v) is 4.80. The van der Waals surface area contributed by atoms with Crippen LogP contribution in [0.4, 0.5) is 0 Å². The van der Waals surface area contributed by atoms with Crippen LogP contribution < -0.4 is 0 Å². The number of rotatable bonds is 16. The fourth-order valence-corrected chi connectivity index (χ4v) is 3.25. The quantitative estimate of drug-likeness (QED) is 0.346. The summed E-state index contributed by atoms with van der Waals surface area (Å²) in [6, 6.07) is 0. The number of aliphatic carboxylic acids is 1. The van der Waals surface area contributed by atoms with E-state index >= 15 is 0 Å². The number of carboxylic acid groups (broad SMARTS) is 1. The second-order valence-corrected chi connectivity index (χ2v) is 7.16. The topological polar surface area (TPSA) is 58.9 Å². The highest BCUT2D eigenvalue weighted by Crippen LogP contribution is 2.20. The molecular weight excluding hydrogens is 302 g/mol. The highest BCUT2D eigenvalue weighted by molar-refractivity contribution is 5.87. The Bertz CT molecular complexity index is 355. The van der Waals surface area contributed by atoms with Crippen molar-refractivity contribution in [1.82, 2.24) is 0 Å². The smallest absolute Gasteiger partial charge is 0.303 e. The molecule has 0 radical (unpaired) electrons. The largest absolute Gasteiger partial charge is 0.481 e. The first-order chi connectivity index (χ1) is 11.7. The summed E-state index contributed by atoms with van der Waals surface area (Å²) in [7, 11) is 0. The van der Waals surface area contributed by atoms with E-state index in [1.54, 1.807) is 0 Å². The number of hydrogen-bond acceptors (Lipinski definition) is 3. The molecule has 1 aliphatic heterocycles. The van der Waals surface area contributed by atoms with Crippen LogP contribution in [0, 0.1) is 0 Å². The summed E-state index contributed by atoms with van der Waals surface area (Å²) in [6.45, 7) is 2.27. The third-order valence-electron chi connectivity index (χ3n) is 4.80. The van der Waals surface area contributed by atoms with Crippen LogP contribution in [-0.4, -0.2) is 22.9 Å². The van der Waals surface area contributed by atoms with Crippen LogP contribution in [0.15, 0.2) is 5.16 Å². The van der Waals surface area contributed by atoms with Crippen LogP contribution in [0.3, 0.4) is 0 Å². The van der Waals surface area contributed by atoms with E-state index in [0.29, 0.717) is 6.42 Å². The highest BCUT2D eigenvalue weighted by atomic mass is 16.6. The van der Waals surface area contributed by atoms with Crippen molar-refractivity contribution in [2.45, 2.75) is 116 Å².